The Balaban J connectivity index is 1.26. The fourth-order valence-electron chi connectivity index (χ4n) is 6.66. The molecule has 7 aromatic rings. The van der Waals surface area contributed by atoms with Gasteiger partial charge in [0.25, 0.3) is 5.52 Å². The Labute approximate surface area is 309 Å². The van der Waals surface area contributed by atoms with Crippen molar-refractivity contribution in [2.45, 2.75) is 36.2 Å². The standard InChI is InChI=1S/C41H32N2O8S2/c1-2-27(19-40-42(25-32-15-7-9-17-38(32)52-51-50-44)34-21-28-11-3-5-13-30(28)23-36(34)48-40)20-41-43(26-33-16-8-10-18-39(33)53(45,46)47)35-22-29-12-4-6-14-31(29)24-37(35)49-41/h3-24H,2,25-26H2,1H3,(H-,44,45,46,47)/p-1. The van der Waals surface area contributed by atoms with E-state index in [0.717, 1.165) is 55.9 Å². The zero-order valence-electron chi connectivity index (χ0n) is 28.3. The summed E-state index contributed by atoms with van der Waals surface area (Å²) < 4.78 is 56.7. The van der Waals surface area contributed by atoms with E-state index in [9.17, 15) is 18.2 Å². The average molecular weight is 744 g/mol. The van der Waals surface area contributed by atoms with Crippen LogP contribution in [0.25, 0.3) is 38.7 Å². The van der Waals surface area contributed by atoms with Gasteiger partial charge >= 0.3 is 5.89 Å². The van der Waals surface area contributed by atoms with Crippen molar-refractivity contribution >= 4 is 66.6 Å². The molecule has 53 heavy (non-hydrogen) atoms. The smallest absolute Gasteiger partial charge is 0.374 e. The van der Waals surface area contributed by atoms with Crippen molar-refractivity contribution in [1.82, 2.24) is 0 Å². The highest BCUT2D eigenvalue weighted by atomic mass is 32.2. The van der Waals surface area contributed by atoms with Gasteiger partial charge in [0.05, 0.1) is 35.2 Å². The number of hydrogen-bond acceptors (Lipinski definition) is 10. The number of ether oxygens (including phenoxy) is 1. The largest absolute Gasteiger partial charge is 0.744 e. The molecule has 266 valence electrons. The predicted octanol–water partition coefficient (Wildman–Crippen LogP) is 7.94. The van der Waals surface area contributed by atoms with Crippen LogP contribution in [0.4, 0.5) is 5.69 Å². The minimum Gasteiger partial charge on any atom is -0.744 e. The summed E-state index contributed by atoms with van der Waals surface area (Å²) >= 11 is 0.837. The first kappa shape index (κ1) is 34.6. The van der Waals surface area contributed by atoms with Crippen molar-refractivity contribution in [1.29, 1.82) is 0 Å². The highest BCUT2D eigenvalue weighted by Crippen LogP contribution is 2.43. The van der Waals surface area contributed by atoms with Crippen LogP contribution in [0.3, 0.4) is 0 Å². The van der Waals surface area contributed by atoms with Crippen LogP contribution in [0.2, 0.25) is 0 Å². The molecule has 6 aromatic carbocycles. The molecule has 0 amide bonds. The predicted molar refractivity (Wildman–Crippen MR) is 199 cm³/mol. The minimum atomic E-state index is -4.73. The molecule has 0 atom stereocenters. The van der Waals surface area contributed by atoms with E-state index in [1.807, 2.05) is 109 Å². The highest BCUT2D eigenvalue weighted by Gasteiger charge is 2.29. The first-order chi connectivity index (χ1) is 25.8. The van der Waals surface area contributed by atoms with Gasteiger partial charge in [-0.25, -0.2) is 8.42 Å². The number of fused-ring (bicyclic) bond motifs is 4. The molecule has 12 heteroatoms. The van der Waals surface area contributed by atoms with Crippen molar-refractivity contribution in [3.05, 3.63) is 156 Å². The van der Waals surface area contributed by atoms with Gasteiger partial charge < -0.3 is 23.9 Å². The molecule has 0 fully saturated rings. The molecule has 1 aliphatic rings. The fraction of sp³-hybridized carbons (Fsp3) is 0.0976. The summed E-state index contributed by atoms with van der Waals surface area (Å²) in [5, 5.41) is 18.4. The third-order valence-electron chi connectivity index (χ3n) is 9.25. The molecule has 0 bridgehead atoms. The van der Waals surface area contributed by atoms with Crippen LogP contribution in [0.1, 0.15) is 30.4 Å². The van der Waals surface area contributed by atoms with Crippen LogP contribution in [0.15, 0.2) is 153 Å². The van der Waals surface area contributed by atoms with Gasteiger partial charge in [-0.05, 0) is 69.4 Å². The topological polar surface area (TPSA) is 128 Å². The average Bonchev–Trinajstić information content (AvgIpc) is 3.66. The monoisotopic (exact) mass is 743 g/mol. The van der Waals surface area contributed by atoms with E-state index in [1.165, 1.54) is 12.1 Å². The number of allylic oxidation sites excluding steroid dienone is 2. The van der Waals surface area contributed by atoms with E-state index in [0.29, 0.717) is 46.5 Å². The number of anilines is 1. The number of hydrogen-bond donors (Lipinski definition) is 0. The van der Waals surface area contributed by atoms with E-state index in [-0.39, 0.29) is 11.4 Å². The molecule has 1 aromatic heterocycles. The molecule has 0 radical (unpaired) electrons. The Morgan fingerprint density at radius 1 is 0.849 bits per heavy atom. The summed E-state index contributed by atoms with van der Waals surface area (Å²) in [6.45, 7) is 2.49. The van der Waals surface area contributed by atoms with Gasteiger partial charge in [-0.1, -0.05) is 91.9 Å². The second-order valence-corrected chi connectivity index (χ2v) is 14.6. The molecule has 8 rings (SSSR count). The van der Waals surface area contributed by atoms with Crippen LogP contribution in [-0.4, -0.2) is 13.0 Å². The number of rotatable bonds is 11. The molecule has 1 aliphatic heterocycles. The Bertz CT molecular complexity index is 2690. The maximum atomic E-state index is 12.3. The maximum absolute atomic E-state index is 12.3. The lowest BCUT2D eigenvalue weighted by atomic mass is 10.1. The van der Waals surface area contributed by atoms with Crippen molar-refractivity contribution < 1.29 is 41.3 Å². The van der Waals surface area contributed by atoms with Crippen molar-refractivity contribution in [3.8, 4) is 5.75 Å². The van der Waals surface area contributed by atoms with Gasteiger partial charge in [0, 0.05) is 22.6 Å². The Morgan fingerprint density at radius 2 is 1.49 bits per heavy atom. The van der Waals surface area contributed by atoms with Gasteiger partial charge in [-0.15, -0.1) is 0 Å². The number of nitrogens with zero attached hydrogens (tertiary/aromatic N) is 2. The lowest BCUT2D eigenvalue weighted by molar-refractivity contribution is -0.777. The molecule has 0 unspecified atom stereocenters. The quantitative estimate of drug-likeness (QED) is 0.0424. The lowest BCUT2D eigenvalue weighted by Gasteiger charge is -2.21. The number of benzene rings is 6. The molecule has 10 nitrogen and oxygen atoms in total. The Kier molecular flexibility index (Phi) is 9.48. The van der Waals surface area contributed by atoms with E-state index < -0.39 is 10.1 Å². The van der Waals surface area contributed by atoms with Crippen LogP contribution in [-0.2, 0) is 32.6 Å². The fourth-order valence-corrected chi connectivity index (χ4v) is 7.84. The Hall–Kier alpha value is -5.47. The van der Waals surface area contributed by atoms with Gasteiger partial charge in [0.2, 0.25) is 11.5 Å². The molecule has 0 spiro atoms. The summed E-state index contributed by atoms with van der Waals surface area (Å²) in [5.74, 6) is 1.64. The van der Waals surface area contributed by atoms with Crippen LogP contribution >= 0.6 is 12.0 Å². The lowest BCUT2D eigenvalue weighted by Crippen LogP contribution is -2.36. The third kappa shape index (κ3) is 7.03. The molecule has 2 heterocycles. The molecule has 0 aliphatic carbocycles. The summed E-state index contributed by atoms with van der Waals surface area (Å²) in [7, 11) is -4.73. The summed E-state index contributed by atoms with van der Waals surface area (Å²) in [6, 6.07) is 37.8. The highest BCUT2D eigenvalue weighted by molar-refractivity contribution is 7.94. The molecule has 0 N–H and O–H groups in total. The van der Waals surface area contributed by atoms with E-state index in [2.05, 4.69) is 26.1 Å². The maximum Gasteiger partial charge on any atom is 0.374 e. The van der Waals surface area contributed by atoms with Gasteiger partial charge in [0.15, 0.2) is 12.3 Å². The SMILES string of the molecule is CCC(=Cc1oc2cc3ccccc3cc2[n+]1Cc1ccccc1SOO[O-])C=C1Oc2cc3ccccc3cc2N1Cc1ccccc1S(=O)(=O)[O-]. The second-order valence-electron chi connectivity index (χ2n) is 12.5. The van der Waals surface area contributed by atoms with Crippen LogP contribution in [0, 0.1) is 0 Å². The summed E-state index contributed by atoms with van der Waals surface area (Å²) in [6.07, 6.45) is 4.46. The third-order valence-corrected chi connectivity index (χ3v) is 10.9. The van der Waals surface area contributed by atoms with Gasteiger partial charge in [-0.2, -0.15) is 8.90 Å². The van der Waals surface area contributed by atoms with E-state index >= 15 is 0 Å². The zero-order chi connectivity index (χ0) is 36.5. The normalized spacial score (nSPS) is 14.1. The van der Waals surface area contributed by atoms with Gasteiger partial charge in [-0.3, -0.25) is 5.04 Å². The van der Waals surface area contributed by atoms with Crippen LogP contribution < -0.4 is 19.5 Å². The summed E-state index contributed by atoms with van der Waals surface area (Å²) in [4.78, 5) is 2.32. The Morgan fingerprint density at radius 3 is 2.21 bits per heavy atom. The zero-order valence-corrected chi connectivity index (χ0v) is 29.9. The molecular formula is C41H31N2O8S2-. The van der Waals surface area contributed by atoms with Crippen molar-refractivity contribution in [2.24, 2.45) is 0 Å². The van der Waals surface area contributed by atoms with Crippen molar-refractivity contribution in [3.63, 3.8) is 0 Å². The van der Waals surface area contributed by atoms with Crippen LogP contribution in [0.5, 0.6) is 5.75 Å². The number of aromatic nitrogens is 1. The van der Waals surface area contributed by atoms with E-state index in [4.69, 9.17) is 9.15 Å². The first-order valence-corrected chi connectivity index (χ1v) is 18.9. The molecular weight excluding hydrogens is 713 g/mol. The molecule has 0 saturated carbocycles. The van der Waals surface area contributed by atoms with Gasteiger partial charge in [0.1, 0.15) is 10.1 Å². The molecule has 0 saturated heterocycles. The summed E-state index contributed by atoms with van der Waals surface area (Å²) in [5.41, 5.74) is 4.39. The van der Waals surface area contributed by atoms with E-state index in [1.54, 1.807) is 12.1 Å². The second kappa shape index (κ2) is 14.5. The minimum absolute atomic E-state index is 0.0760. The number of oxazole rings is 1. The first-order valence-electron chi connectivity index (χ1n) is 16.8. The van der Waals surface area contributed by atoms with Crippen molar-refractivity contribution in [2.75, 3.05) is 4.90 Å².